The second kappa shape index (κ2) is 5.84. The summed E-state index contributed by atoms with van der Waals surface area (Å²) in [4.78, 5) is 0. The van der Waals surface area contributed by atoms with Crippen LogP contribution in [0.5, 0.6) is 0 Å². The highest BCUT2D eigenvalue weighted by molar-refractivity contribution is 9.08. The third-order valence-corrected chi connectivity index (χ3v) is 4.00. The summed E-state index contributed by atoms with van der Waals surface area (Å²) in [5.74, 6) is 0.676. The number of benzene rings is 2. The van der Waals surface area contributed by atoms with E-state index < -0.39 is 5.60 Å². The molecule has 0 radical (unpaired) electrons. The lowest BCUT2D eigenvalue weighted by Crippen LogP contribution is -2.29. The van der Waals surface area contributed by atoms with E-state index in [1.54, 1.807) is 6.07 Å². The number of hydrogen-bond donors (Lipinski definition) is 1. The van der Waals surface area contributed by atoms with Gasteiger partial charge in [-0.3, -0.25) is 0 Å². The van der Waals surface area contributed by atoms with Crippen LogP contribution in [0.3, 0.4) is 0 Å². The molecule has 106 valence electrons. The Labute approximate surface area is 131 Å². The Morgan fingerprint density at radius 3 is 1.90 bits per heavy atom. The summed E-state index contributed by atoms with van der Waals surface area (Å²) in [5.41, 5.74) is 0.664. The van der Waals surface area contributed by atoms with Crippen molar-refractivity contribution in [1.29, 1.82) is 0 Å². The fourth-order valence-corrected chi connectivity index (χ4v) is 2.63. The molecule has 4 heteroatoms. The van der Waals surface area contributed by atoms with E-state index in [1.807, 2.05) is 60.7 Å². The average molecular weight is 344 g/mol. The van der Waals surface area contributed by atoms with Crippen molar-refractivity contribution in [3.8, 4) is 0 Å². The van der Waals surface area contributed by atoms with Crippen LogP contribution in [0, 0.1) is 0 Å². The topological polar surface area (TPSA) is 46.3 Å². The number of aromatic nitrogens is 1. The number of alkyl halides is 1. The monoisotopic (exact) mass is 343 g/mol. The van der Waals surface area contributed by atoms with Crippen LogP contribution < -0.4 is 0 Å². The standard InChI is InChI=1S/C17H14BrNO2/c18-12-15-11-16(19-21-15)17(20,13-7-3-1-4-8-13)14-9-5-2-6-10-14/h1-11,20H,12H2. The smallest absolute Gasteiger partial charge is 0.160 e. The highest BCUT2D eigenvalue weighted by Gasteiger charge is 2.36. The zero-order chi connectivity index (χ0) is 14.7. The van der Waals surface area contributed by atoms with E-state index in [0.29, 0.717) is 16.8 Å². The second-order valence-electron chi connectivity index (χ2n) is 4.75. The van der Waals surface area contributed by atoms with Crippen molar-refractivity contribution < 1.29 is 9.63 Å². The van der Waals surface area contributed by atoms with Crippen molar-refractivity contribution in [1.82, 2.24) is 5.16 Å². The van der Waals surface area contributed by atoms with Crippen LogP contribution in [-0.4, -0.2) is 10.3 Å². The summed E-state index contributed by atoms with van der Waals surface area (Å²) in [5, 5.41) is 16.0. The maximum Gasteiger partial charge on any atom is 0.160 e. The maximum atomic E-state index is 11.4. The SMILES string of the molecule is OC(c1ccccc1)(c1ccccc1)c1cc(CBr)on1. The molecule has 1 N–H and O–H groups in total. The van der Waals surface area contributed by atoms with Gasteiger partial charge in [0.1, 0.15) is 11.5 Å². The molecule has 0 fully saturated rings. The van der Waals surface area contributed by atoms with E-state index in [-0.39, 0.29) is 0 Å². The molecule has 0 aliphatic carbocycles. The molecule has 3 aromatic rings. The normalized spacial score (nSPS) is 11.5. The molecule has 0 saturated heterocycles. The van der Waals surface area contributed by atoms with Crippen LogP contribution in [0.1, 0.15) is 22.6 Å². The molecule has 3 nitrogen and oxygen atoms in total. The number of aliphatic hydroxyl groups is 1. The van der Waals surface area contributed by atoms with E-state index in [2.05, 4.69) is 21.1 Å². The first-order valence-electron chi connectivity index (χ1n) is 6.60. The van der Waals surface area contributed by atoms with Crippen LogP contribution in [0.15, 0.2) is 71.3 Å². The van der Waals surface area contributed by atoms with E-state index in [0.717, 1.165) is 11.1 Å². The lowest BCUT2D eigenvalue weighted by Gasteiger charge is -2.27. The highest BCUT2D eigenvalue weighted by atomic mass is 79.9. The first-order chi connectivity index (χ1) is 10.2. The van der Waals surface area contributed by atoms with Crippen LogP contribution >= 0.6 is 15.9 Å². The number of nitrogens with zero attached hydrogens (tertiary/aromatic N) is 1. The molecule has 0 amide bonds. The van der Waals surface area contributed by atoms with Crippen molar-refractivity contribution in [3.63, 3.8) is 0 Å². The predicted octanol–water partition coefficient (Wildman–Crippen LogP) is 3.85. The van der Waals surface area contributed by atoms with Crippen molar-refractivity contribution in [2.24, 2.45) is 0 Å². The minimum atomic E-state index is -1.33. The van der Waals surface area contributed by atoms with E-state index >= 15 is 0 Å². The Bertz CT molecular complexity index is 670. The third kappa shape index (κ3) is 2.52. The van der Waals surface area contributed by atoms with Crippen LogP contribution in [0.2, 0.25) is 0 Å². The van der Waals surface area contributed by atoms with Crippen LogP contribution in [-0.2, 0) is 10.9 Å². The summed E-state index contributed by atoms with van der Waals surface area (Å²) in [7, 11) is 0. The molecular weight excluding hydrogens is 330 g/mol. The van der Waals surface area contributed by atoms with Crippen LogP contribution in [0.4, 0.5) is 0 Å². The Balaban J connectivity index is 2.20. The van der Waals surface area contributed by atoms with Crippen LogP contribution in [0.25, 0.3) is 0 Å². The molecule has 0 spiro atoms. The van der Waals surface area contributed by atoms with Gasteiger partial charge in [-0.25, -0.2) is 0 Å². The summed E-state index contributed by atoms with van der Waals surface area (Å²) < 4.78 is 5.25. The molecule has 21 heavy (non-hydrogen) atoms. The quantitative estimate of drug-likeness (QED) is 0.731. The van der Waals surface area contributed by atoms with Gasteiger partial charge in [0.15, 0.2) is 5.60 Å². The van der Waals surface area contributed by atoms with Crippen molar-refractivity contribution in [2.45, 2.75) is 10.9 Å². The second-order valence-corrected chi connectivity index (χ2v) is 5.32. The molecule has 0 saturated carbocycles. The Morgan fingerprint density at radius 2 is 1.48 bits per heavy atom. The molecule has 0 bridgehead atoms. The number of halogens is 1. The lowest BCUT2D eigenvalue weighted by atomic mass is 9.83. The largest absolute Gasteiger partial charge is 0.374 e. The predicted molar refractivity (Wildman–Crippen MR) is 84.1 cm³/mol. The fourth-order valence-electron chi connectivity index (χ4n) is 2.37. The van der Waals surface area contributed by atoms with Crippen molar-refractivity contribution in [3.05, 3.63) is 89.3 Å². The highest BCUT2D eigenvalue weighted by Crippen LogP contribution is 2.36. The first kappa shape index (κ1) is 14.0. The molecule has 0 aliphatic rings. The van der Waals surface area contributed by atoms with E-state index in [9.17, 15) is 5.11 Å². The lowest BCUT2D eigenvalue weighted by molar-refractivity contribution is 0.116. The van der Waals surface area contributed by atoms with Gasteiger partial charge in [0.2, 0.25) is 0 Å². The molecule has 0 unspecified atom stereocenters. The van der Waals surface area contributed by atoms with Gasteiger partial charge in [-0.05, 0) is 11.1 Å². The first-order valence-corrected chi connectivity index (χ1v) is 7.72. The Kier molecular flexibility index (Phi) is 3.90. The fraction of sp³-hybridized carbons (Fsp3) is 0.118. The maximum absolute atomic E-state index is 11.4. The molecule has 3 rings (SSSR count). The van der Waals surface area contributed by atoms with Crippen molar-refractivity contribution in [2.75, 3.05) is 0 Å². The Hall–Kier alpha value is -1.91. The van der Waals surface area contributed by atoms with Gasteiger partial charge in [0, 0.05) is 6.07 Å². The van der Waals surface area contributed by atoms with Gasteiger partial charge in [0.05, 0.1) is 5.33 Å². The van der Waals surface area contributed by atoms with Gasteiger partial charge in [-0.2, -0.15) is 0 Å². The van der Waals surface area contributed by atoms with Gasteiger partial charge < -0.3 is 9.63 Å². The molecule has 0 atom stereocenters. The Morgan fingerprint density at radius 1 is 0.952 bits per heavy atom. The molecule has 1 heterocycles. The summed E-state index contributed by atoms with van der Waals surface area (Å²) in [6.45, 7) is 0. The average Bonchev–Trinajstić information content (AvgIpc) is 3.05. The summed E-state index contributed by atoms with van der Waals surface area (Å²) in [6, 6.07) is 20.7. The van der Waals surface area contributed by atoms with Crippen molar-refractivity contribution >= 4 is 15.9 Å². The van der Waals surface area contributed by atoms with Gasteiger partial charge in [-0.15, -0.1) is 0 Å². The molecular formula is C17H14BrNO2. The molecule has 0 aliphatic heterocycles. The number of rotatable bonds is 4. The zero-order valence-electron chi connectivity index (χ0n) is 11.2. The number of hydrogen-bond acceptors (Lipinski definition) is 3. The van der Waals surface area contributed by atoms with E-state index in [1.165, 1.54) is 0 Å². The van der Waals surface area contributed by atoms with Gasteiger partial charge in [0.25, 0.3) is 0 Å². The summed E-state index contributed by atoms with van der Waals surface area (Å²) >= 11 is 3.33. The van der Waals surface area contributed by atoms with Gasteiger partial charge >= 0.3 is 0 Å². The van der Waals surface area contributed by atoms with E-state index in [4.69, 9.17) is 4.52 Å². The summed E-state index contributed by atoms with van der Waals surface area (Å²) in [6.07, 6.45) is 0. The minimum absolute atomic E-state index is 0.481. The minimum Gasteiger partial charge on any atom is -0.374 e. The molecule has 1 aromatic heterocycles. The van der Waals surface area contributed by atoms with Gasteiger partial charge in [-0.1, -0.05) is 81.8 Å². The third-order valence-electron chi connectivity index (χ3n) is 3.44. The molecule has 2 aromatic carbocycles. The zero-order valence-corrected chi connectivity index (χ0v) is 12.8.